The van der Waals surface area contributed by atoms with Gasteiger partial charge in [0.05, 0.1) is 12.1 Å². The number of esters is 1. The van der Waals surface area contributed by atoms with E-state index in [1.807, 2.05) is 0 Å². The molecule has 22 heavy (non-hydrogen) atoms. The van der Waals surface area contributed by atoms with Gasteiger partial charge in [0.1, 0.15) is 11.0 Å². The molecule has 0 radical (unpaired) electrons. The Morgan fingerprint density at radius 3 is 2.55 bits per heavy atom. The van der Waals surface area contributed by atoms with Crippen LogP contribution in [0.15, 0.2) is 5.57 Å². The summed E-state index contributed by atoms with van der Waals surface area (Å²) in [6.45, 7) is 6.50. The second kappa shape index (κ2) is 5.66. The monoisotopic (exact) mass is 335 g/mol. The number of hydrogen-bond donors (Lipinski definition) is 0. The van der Waals surface area contributed by atoms with E-state index in [4.69, 9.17) is 9.47 Å². The Balaban J connectivity index is 2.54. The van der Waals surface area contributed by atoms with E-state index in [0.29, 0.717) is 11.5 Å². The van der Waals surface area contributed by atoms with E-state index in [-0.39, 0.29) is 17.7 Å². The zero-order valence-electron chi connectivity index (χ0n) is 12.6. The van der Waals surface area contributed by atoms with Gasteiger partial charge in [-0.3, -0.25) is 4.79 Å². The van der Waals surface area contributed by atoms with E-state index in [2.05, 4.69) is 4.37 Å². The number of ether oxygens (including phenoxy) is 2. The van der Waals surface area contributed by atoms with Gasteiger partial charge in [0.25, 0.3) is 0 Å². The lowest BCUT2D eigenvalue weighted by atomic mass is 10.0. The number of carbonyl (C=O) groups excluding carboxylic acids is 1. The first-order valence-corrected chi connectivity index (χ1v) is 7.38. The van der Waals surface area contributed by atoms with Crippen molar-refractivity contribution in [3.63, 3.8) is 0 Å². The van der Waals surface area contributed by atoms with Crippen LogP contribution >= 0.6 is 11.5 Å². The van der Waals surface area contributed by atoms with Crippen molar-refractivity contribution in [2.75, 3.05) is 0 Å². The quantitative estimate of drug-likeness (QED) is 0.755. The Bertz CT molecular complexity index is 615. The highest BCUT2D eigenvalue weighted by Gasteiger charge is 2.44. The molecule has 1 aromatic rings. The van der Waals surface area contributed by atoms with Crippen LogP contribution in [0.1, 0.15) is 56.4 Å². The summed E-state index contributed by atoms with van der Waals surface area (Å²) < 4.78 is 54.1. The van der Waals surface area contributed by atoms with Gasteiger partial charge in [-0.25, -0.2) is 0 Å². The Kier molecular flexibility index (Phi) is 4.36. The number of halogens is 3. The molecule has 1 aliphatic rings. The summed E-state index contributed by atoms with van der Waals surface area (Å²) in [7, 11) is 0. The molecule has 1 saturated heterocycles. The highest BCUT2D eigenvalue weighted by molar-refractivity contribution is 7.06. The van der Waals surface area contributed by atoms with Crippen molar-refractivity contribution in [2.45, 2.75) is 52.2 Å². The minimum atomic E-state index is -4.55. The van der Waals surface area contributed by atoms with E-state index >= 15 is 0 Å². The van der Waals surface area contributed by atoms with Crippen LogP contribution in [0.25, 0.3) is 6.08 Å². The number of alkyl halides is 3. The molecule has 0 aliphatic carbocycles. The first-order valence-electron chi connectivity index (χ1n) is 6.61. The summed E-state index contributed by atoms with van der Waals surface area (Å²) in [4.78, 5) is 10.8. The normalized spacial score (nSPS) is 21.4. The van der Waals surface area contributed by atoms with E-state index in [9.17, 15) is 18.0 Å². The molecule has 0 bridgehead atoms. The smallest absolute Gasteiger partial charge is 0.427 e. The molecular formula is C14H16F3NO3S. The summed E-state index contributed by atoms with van der Waals surface area (Å²) in [5.74, 6) is -1.86. The summed E-state index contributed by atoms with van der Waals surface area (Å²) >= 11 is 0.368. The molecule has 122 valence electrons. The molecule has 1 aliphatic heterocycles. The van der Waals surface area contributed by atoms with Crippen LogP contribution in [0.4, 0.5) is 13.2 Å². The van der Waals surface area contributed by atoms with Crippen molar-refractivity contribution in [1.29, 1.82) is 0 Å². The van der Waals surface area contributed by atoms with Gasteiger partial charge in [0, 0.05) is 19.4 Å². The maximum Gasteiger partial charge on any atom is 0.427 e. The Morgan fingerprint density at radius 2 is 2.05 bits per heavy atom. The van der Waals surface area contributed by atoms with Gasteiger partial charge in [0.15, 0.2) is 0 Å². The highest BCUT2D eigenvalue weighted by Crippen LogP contribution is 2.44. The summed E-state index contributed by atoms with van der Waals surface area (Å²) in [6.07, 6.45) is -4.29. The number of hydrogen-bond acceptors (Lipinski definition) is 5. The third kappa shape index (κ3) is 3.67. The molecule has 8 heteroatoms. The molecule has 1 unspecified atom stereocenters. The van der Waals surface area contributed by atoms with E-state index in [0.717, 1.165) is 5.57 Å². The van der Waals surface area contributed by atoms with Crippen LogP contribution in [-0.4, -0.2) is 16.1 Å². The average molecular weight is 335 g/mol. The van der Waals surface area contributed by atoms with Gasteiger partial charge in [-0.1, -0.05) is 5.57 Å². The van der Waals surface area contributed by atoms with Crippen molar-refractivity contribution < 1.29 is 27.4 Å². The SMILES string of the molecule is CC(C)=Cc1nsc(C(F)(F)F)c1C1CC(=O)OC(C)(C)O1. The van der Waals surface area contributed by atoms with Crippen LogP contribution in [0, 0.1) is 0 Å². The lowest BCUT2D eigenvalue weighted by Crippen LogP contribution is -2.39. The highest BCUT2D eigenvalue weighted by atomic mass is 32.1. The minimum Gasteiger partial charge on any atom is -0.434 e. The summed E-state index contributed by atoms with van der Waals surface area (Å²) in [5, 5.41) is 0. The maximum atomic E-state index is 13.2. The number of allylic oxidation sites excluding steroid dienone is 1. The van der Waals surface area contributed by atoms with E-state index < -0.39 is 28.9 Å². The lowest BCUT2D eigenvalue weighted by Gasteiger charge is -2.35. The lowest BCUT2D eigenvalue weighted by molar-refractivity contribution is -0.260. The van der Waals surface area contributed by atoms with E-state index in [1.165, 1.54) is 13.8 Å². The van der Waals surface area contributed by atoms with Crippen LogP contribution in [0.3, 0.4) is 0 Å². The molecule has 0 saturated carbocycles. The largest absolute Gasteiger partial charge is 0.434 e. The fourth-order valence-corrected chi connectivity index (χ4v) is 3.02. The second-order valence-electron chi connectivity index (χ2n) is 5.71. The number of carbonyl (C=O) groups is 1. The Labute approximate surface area is 130 Å². The fourth-order valence-electron chi connectivity index (χ4n) is 2.24. The number of rotatable bonds is 2. The molecule has 1 fully saturated rings. The number of aromatic nitrogens is 1. The molecule has 0 aromatic carbocycles. The van der Waals surface area contributed by atoms with Gasteiger partial charge in [-0.2, -0.15) is 17.5 Å². The average Bonchev–Trinajstić information content (AvgIpc) is 2.68. The van der Waals surface area contributed by atoms with Gasteiger partial charge < -0.3 is 9.47 Å². The van der Waals surface area contributed by atoms with Gasteiger partial charge >= 0.3 is 12.1 Å². The first kappa shape index (κ1) is 17.0. The zero-order chi connectivity index (χ0) is 16.7. The van der Waals surface area contributed by atoms with Crippen LogP contribution in [0.5, 0.6) is 0 Å². The van der Waals surface area contributed by atoms with Crippen LogP contribution in [0.2, 0.25) is 0 Å². The molecule has 0 N–H and O–H groups in total. The summed E-state index contributed by atoms with van der Waals surface area (Å²) in [5.41, 5.74) is 0.897. The van der Waals surface area contributed by atoms with Crippen molar-refractivity contribution in [1.82, 2.24) is 4.37 Å². The molecule has 0 spiro atoms. The molecule has 1 atom stereocenters. The zero-order valence-corrected chi connectivity index (χ0v) is 13.4. The number of nitrogens with zero attached hydrogens (tertiary/aromatic N) is 1. The molecule has 4 nitrogen and oxygen atoms in total. The predicted molar refractivity (Wildman–Crippen MR) is 75.1 cm³/mol. The first-order chi connectivity index (χ1) is 9.99. The van der Waals surface area contributed by atoms with Crippen molar-refractivity contribution >= 4 is 23.6 Å². The Hall–Kier alpha value is -1.41. The minimum absolute atomic E-state index is 0.0941. The molecule has 1 aromatic heterocycles. The van der Waals surface area contributed by atoms with Crippen molar-refractivity contribution in [3.8, 4) is 0 Å². The standard InChI is InChI=1S/C14H16F3NO3S/c1-7(2)5-8-11(12(22-18-8)14(15,16)17)9-6-10(19)21-13(3,4)20-9/h5,9H,6H2,1-4H3. The topological polar surface area (TPSA) is 48.4 Å². The predicted octanol–water partition coefficient (Wildman–Crippen LogP) is 4.33. The molecule has 2 rings (SSSR count). The second-order valence-corrected chi connectivity index (χ2v) is 6.49. The van der Waals surface area contributed by atoms with Gasteiger partial charge in [-0.05, 0) is 31.5 Å². The maximum absolute atomic E-state index is 13.2. The van der Waals surface area contributed by atoms with E-state index in [1.54, 1.807) is 19.9 Å². The fraction of sp³-hybridized carbons (Fsp3) is 0.571. The van der Waals surface area contributed by atoms with Gasteiger partial charge in [-0.15, -0.1) is 0 Å². The summed E-state index contributed by atoms with van der Waals surface area (Å²) in [6, 6.07) is 0. The third-order valence-corrected chi connectivity index (χ3v) is 3.82. The number of cyclic esters (lactones) is 1. The van der Waals surface area contributed by atoms with Crippen LogP contribution in [-0.2, 0) is 20.4 Å². The molecule has 0 amide bonds. The van der Waals surface area contributed by atoms with Crippen molar-refractivity contribution in [2.24, 2.45) is 0 Å². The molecular weight excluding hydrogens is 319 g/mol. The van der Waals surface area contributed by atoms with Crippen LogP contribution < -0.4 is 0 Å². The van der Waals surface area contributed by atoms with Crippen molar-refractivity contribution in [3.05, 3.63) is 21.7 Å². The van der Waals surface area contributed by atoms with Gasteiger partial charge in [0.2, 0.25) is 5.79 Å². The Morgan fingerprint density at radius 1 is 1.41 bits per heavy atom. The third-order valence-electron chi connectivity index (χ3n) is 2.90. The molecule has 2 heterocycles.